The second kappa shape index (κ2) is 6.46. The van der Waals surface area contributed by atoms with Crippen LogP contribution in [0.15, 0.2) is 72.1 Å². The van der Waals surface area contributed by atoms with Crippen molar-refractivity contribution < 1.29 is 4.79 Å². The molecule has 0 radical (unpaired) electrons. The molecule has 2 nitrogen and oxygen atoms in total. The molecule has 1 aliphatic heterocycles. The van der Waals surface area contributed by atoms with Gasteiger partial charge in [0.05, 0.1) is 5.70 Å². The first-order valence-electron chi connectivity index (χ1n) is 8.03. The molecule has 0 aliphatic carbocycles. The second-order valence-electron chi connectivity index (χ2n) is 5.77. The number of nitrogens with zero attached hydrogens (tertiary/aromatic N) is 1. The molecule has 0 N–H and O–H groups in total. The van der Waals surface area contributed by atoms with Crippen molar-refractivity contribution in [2.45, 2.75) is 6.42 Å². The third kappa shape index (κ3) is 2.79. The molecule has 0 saturated heterocycles. The molecule has 118 valence electrons. The highest BCUT2D eigenvalue weighted by molar-refractivity contribution is 7.09. The van der Waals surface area contributed by atoms with Crippen molar-refractivity contribution in [3.63, 3.8) is 0 Å². The van der Waals surface area contributed by atoms with Gasteiger partial charge in [0.15, 0.2) is 0 Å². The molecular formula is C21H17NOS. The van der Waals surface area contributed by atoms with E-state index in [0.29, 0.717) is 6.54 Å². The van der Waals surface area contributed by atoms with E-state index < -0.39 is 0 Å². The van der Waals surface area contributed by atoms with E-state index in [1.165, 1.54) is 4.88 Å². The lowest BCUT2D eigenvalue weighted by atomic mass is 10.1. The molecule has 0 saturated carbocycles. The monoisotopic (exact) mass is 331 g/mol. The summed E-state index contributed by atoms with van der Waals surface area (Å²) >= 11 is 1.74. The summed E-state index contributed by atoms with van der Waals surface area (Å²) in [6.45, 7) is 0.701. The smallest absolute Gasteiger partial charge is 0.258 e. The SMILES string of the molecule is O=C1c2ccccc2/C(=C/c2ccccc2)N1CCc1cccs1. The Bertz CT molecular complexity index is 881. The molecule has 4 rings (SSSR count). The Labute approximate surface area is 145 Å². The quantitative estimate of drug-likeness (QED) is 0.663. The van der Waals surface area contributed by atoms with E-state index in [4.69, 9.17) is 0 Å². The minimum atomic E-state index is 0.101. The Balaban J connectivity index is 1.71. The molecule has 1 amide bonds. The van der Waals surface area contributed by atoms with Crippen LogP contribution in [0, 0.1) is 0 Å². The van der Waals surface area contributed by atoms with Gasteiger partial charge in [-0.15, -0.1) is 11.3 Å². The van der Waals surface area contributed by atoms with Gasteiger partial charge in [-0.25, -0.2) is 0 Å². The normalized spacial score (nSPS) is 15.1. The first-order chi connectivity index (χ1) is 11.8. The third-order valence-electron chi connectivity index (χ3n) is 4.23. The van der Waals surface area contributed by atoms with E-state index in [1.54, 1.807) is 11.3 Å². The Kier molecular flexibility index (Phi) is 4.01. The minimum absolute atomic E-state index is 0.101. The largest absolute Gasteiger partial charge is 0.307 e. The first kappa shape index (κ1) is 14.9. The number of hydrogen-bond donors (Lipinski definition) is 0. The average Bonchev–Trinajstić information content (AvgIpc) is 3.23. The molecule has 0 fully saturated rings. The molecule has 0 atom stereocenters. The molecule has 2 aromatic carbocycles. The van der Waals surface area contributed by atoms with Crippen LogP contribution in [0.2, 0.25) is 0 Å². The van der Waals surface area contributed by atoms with Gasteiger partial charge in [0.1, 0.15) is 0 Å². The van der Waals surface area contributed by atoms with E-state index in [0.717, 1.165) is 28.8 Å². The Morgan fingerprint density at radius 1 is 0.875 bits per heavy atom. The molecule has 2 heterocycles. The molecule has 1 aliphatic rings. The average molecular weight is 331 g/mol. The second-order valence-corrected chi connectivity index (χ2v) is 6.80. The summed E-state index contributed by atoms with van der Waals surface area (Å²) in [6.07, 6.45) is 2.99. The Morgan fingerprint density at radius 2 is 1.62 bits per heavy atom. The van der Waals surface area contributed by atoms with Crippen LogP contribution in [0.1, 0.15) is 26.4 Å². The van der Waals surface area contributed by atoms with E-state index in [2.05, 4.69) is 35.7 Å². The lowest BCUT2D eigenvalue weighted by molar-refractivity contribution is 0.0852. The summed E-state index contributed by atoms with van der Waals surface area (Å²) in [7, 11) is 0. The molecule has 0 bridgehead atoms. The molecule has 1 aromatic heterocycles. The lowest BCUT2D eigenvalue weighted by Crippen LogP contribution is -2.25. The topological polar surface area (TPSA) is 20.3 Å². The van der Waals surface area contributed by atoms with Gasteiger partial charge in [-0.2, -0.15) is 0 Å². The summed E-state index contributed by atoms with van der Waals surface area (Å²) in [4.78, 5) is 16.1. The number of carbonyl (C=O) groups excluding carboxylic acids is 1. The highest BCUT2D eigenvalue weighted by Gasteiger charge is 2.31. The van der Waals surface area contributed by atoms with Crippen molar-refractivity contribution in [2.24, 2.45) is 0 Å². The standard InChI is InChI=1S/C21H17NOS/c23-21-19-11-5-4-10-18(19)20(15-16-7-2-1-3-8-16)22(21)13-12-17-9-6-14-24-17/h1-11,14-15H,12-13H2/b20-15-. The summed E-state index contributed by atoms with van der Waals surface area (Å²) < 4.78 is 0. The zero-order chi connectivity index (χ0) is 16.4. The van der Waals surface area contributed by atoms with E-state index in [-0.39, 0.29) is 5.91 Å². The van der Waals surface area contributed by atoms with Gasteiger partial charge < -0.3 is 4.90 Å². The van der Waals surface area contributed by atoms with Gasteiger partial charge in [0.25, 0.3) is 5.91 Å². The van der Waals surface area contributed by atoms with Crippen LogP contribution in [0.5, 0.6) is 0 Å². The number of thiophene rings is 1. The maximum Gasteiger partial charge on any atom is 0.258 e. The van der Waals surface area contributed by atoms with E-state index >= 15 is 0 Å². The van der Waals surface area contributed by atoms with E-state index in [9.17, 15) is 4.79 Å². The maximum absolute atomic E-state index is 12.8. The number of fused-ring (bicyclic) bond motifs is 1. The Morgan fingerprint density at radius 3 is 2.38 bits per heavy atom. The molecule has 3 aromatic rings. The number of carbonyl (C=O) groups is 1. The van der Waals surface area contributed by atoms with Crippen molar-refractivity contribution in [1.29, 1.82) is 0 Å². The fourth-order valence-electron chi connectivity index (χ4n) is 3.05. The maximum atomic E-state index is 12.8. The van der Waals surface area contributed by atoms with Crippen LogP contribution >= 0.6 is 11.3 Å². The predicted molar refractivity (Wildman–Crippen MR) is 99.8 cm³/mol. The van der Waals surface area contributed by atoms with Gasteiger partial charge >= 0.3 is 0 Å². The van der Waals surface area contributed by atoms with Crippen LogP contribution in [-0.4, -0.2) is 17.4 Å². The van der Waals surface area contributed by atoms with Crippen molar-refractivity contribution in [3.05, 3.63) is 93.7 Å². The van der Waals surface area contributed by atoms with Crippen molar-refractivity contribution in [1.82, 2.24) is 4.90 Å². The van der Waals surface area contributed by atoms with Gasteiger partial charge in [0.2, 0.25) is 0 Å². The number of benzene rings is 2. The molecular weight excluding hydrogens is 314 g/mol. The van der Waals surface area contributed by atoms with E-state index in [1.807, 2.05) is 47.4 Å². The van der Waals surface area contributed by atoms with Crippen molar-refractivity contribution in [3.8, 4) is 0 Å². The van der Waals surface area contributed by atoms with Gasteiger partial charge in [-0.05, 0) is 35.6 Å². The minimum Gasteiger partial charge on any atom is -0.307 e. The lowest BCUT2D eigenvalue weighted by Gasteiger charge is -2.18. The Hall–Kier alpha value is -2.65. The fraction of sp³-hybridized carbons (Fsp3) is 0.0952. The molecule has 24 heavy (non-hydrogen) atoms. The van der Waals surface area contributed by atoms with Crippen LogP contribution < -0.4 is 0 Å². The van der Waals surface area contributed by atoms with Crippen molar-refractivity contribution in [2.75, 3.05) is 6.54 Å². The first-order valence-corrected chi connectivity index (χ1v) is 8.91. The zero-order valence-corrected chi connectivity index (χ0v) is 14.0. The van der Waals surface area contributed by atoms with Crippen LogP contribution in [0.4, 0.5) is 0 Å². The molecule has 3 heteroatoms. The number of hydrogen-bond acceptors (Lipinski definition) is 2. The predicted octanol–water partition coefficient (Wildman–Crippen LogP) is 4.94. The van der Waals surface area contributed by atoms with Gasteiger partial charge in [-0.3, -0.25) is 4.79 Å². The third-order valence-corrected chi connectivity index (χ3v) is 5.17. The summed E-state index contributed by atoms with van der Waals surface area (Å²) in [5.41, 5.74) is 3.93. The van der Waals surface area contributed by atoms with Gasteiger partial charge in [0, 0.05) is 22.5 Å². The molecule has 0 unspecified atom stereocenters. The summed E-state index contributed by atoms with van der Waals surface area (Å²) in [6, 6.07) is 22.2. The zero-order valence-electron chi connectivity index (χ0n) is 13.2. The van der Waals surface area contributed by atoms with Crippen LogP contribution in [0.25, 0.3) is 11.8 Å². The van der Waals surface area contributed by atoms with Crippen molar-refractivity contribution >= 4 is 29.0 Å². The van der Waals surface area contributed by atoms with Crippen LogP contribution in [0.3, 0.4) is 0 Å². The highest BCUT2D eigenvalue weighted by atomic mass is 32.1. The van der Waals surface area contributed by atoms with Crippen LogP contribution in [-0.2, 0) is 6.42 Å². The number of rotatable bonds is 4. The van der Waals surface area contributed by atoms with Gasteiger partial charge in [-0.1, -0.05) is 54.6 Å². The fourth-order valence-corrected chi connectivity index (χ4v) is 3.75. The number of amides is 1. The summed E-state index contributed by atoms with van der Waals surface area (Å²) in [5, 5.41) is 2.08. The summed E-state index contributed by atoms with van der Waals surface area (Å²) in [5.74, 6) is 0.101. The highest BCUT2D eigenvalue weighted by Crippen LogP contribution is 2.34. The molecule has 0 spiro atoms.